The summed E-state index contributed by atoms with van der Waals surface area (Å²) >= 11 is 0. The van der Waals surface area contributed by atoms with Gasteiger partial charge in [0.1, 0.15) is 4.90 Å². The Kier molecular flexibility index (Phi) is 2.55. The predicted molar refractivity (Wildman–Crippen MR) is 61.2 cm³/mol. The third-order valence-corrected chi connectivity index (χ3v) is 3.38. The van der Waals surface area contributed by atoms with Gasteiger partial charge in [-0.1, -0.05) is 18.2 Å². The summed E-state index contributed by atoms with van der Waals surface area (Å²) in [6.45, 7) is 0. The number of benzene rings is 1. The number of nitrogens with zero attached hydrogens (tertiary/aromatic N) is 2. The molecule has 0 atom stereocenters. The Bertz CT molecular complexity index is 710. The van der Waals surface area contributed by atoms with Crippen molar-refractivity contribution in [3.05, 3.63) is 30.0 Å². The zero-order valence-corrected chi connectivity index (χ0v) is 9.73. The normalized spacial score (nSPS) is 11.6. The van der Waals surface area contributed by atoms with Crippen LogP contribution in [-0.4, -0.2) is 30.8 Å². The quantitative estimate of drug-likeness (QED) is 0.817. The minimum atomic E-state index is -3.61. The molecule has 2 N–H and O–H groups in total. The first-order valence-corrected chi connectivity index (χ1v) is 6.55. The van der Waals surface area contributed by atoms with Gasteiger partial charge in [0.2, 0.25) is 0 Å². The molecule has 6 nitrogen and oxygen atoms in total. The molecule has 7 heteroatoms. The molecular formula is C10H9N3O3S. The maximum Gasteiger partial charge on any atom is 0.270 e. The summed E-state index contributed by atoms with van der Waals surface area (Å²) in [4.78, 5) is 11.0. The first kappa shape index (κ1) is 11.5. The molecule has 0 aliphatic rings. The van der Waals surface area contributed by atoms with Crippen molar-refractivity contribution in [1.82, 2.24) is 10.2 Å². The zero-order chi connectivity index (χ0) is 12.6. The van der Waals surface area contributed by atoms with Crippen molar-refractivity contribution in [3.63, 3.8) is 0 Å². The lowest BCUT2D eigenvalue weighted by atomic mass is 10.2. The minimum absolute atomic E-state index is 0.171. The maximum atomic E-state index is 11.7. The van der Waals surface area contributed by atoms with Gasteiger partial charge in [-0.15, -0.1) is 10.2 Å². The molecule has 88 valence electrons. The van der Waals surface area contributed by atoms with Gasteiger partial charge in [0.15, 0.2) is 15.5 Å². The van der Waals surface area contributed by atoms with E-state index in [0.29, 0.717) is 10.9 Å². The number of primary amides is 1. The molecule has 0 saturated heterocycles. The van der Waals surface area contributed by atoms with Gasteiger partial charge in [0.25, 0.3) is 5.91 Å². The van der Waals surface area contributed by atoms with Crippen LogP contribution in [0.5, 0.6) is 0 Å². The Labute approximate surface area is 97.4 Å². The van der Waals surface area contributed by atoms with E-state index in [9.17, 15) is 13.2 Å². The highest BCUT2D eigenvalue weighted by Crippen LogP contribution is 2.23. The molecular weight excluding hydrogens is 242 g/mol. The van der Waals surface area contributed by atoms with Crippen molar-refractivity contribution >= 4 is 26.6 Å². The van der Waals surface area contributed by atoms with Crippen LogP contribution >= 0.6 is 0 Å². The number of carbonyl (C=O) groups is 1. The minimum Gasteiger partial charge on any atom is -0.364 e. The summed E-state index contributed by atoms with van der Waals surface area (Å²) in [7, 11) is -3.61. The van der Waals surface area contributed by atoms with Gasteiger partial charge in [-0.3, -0.25) is 4.79 Å². The lowest BCUT2D eigenvalue weighted by Crippen LogP contribution is -2.19. The van der Waals surface area contributed by atoms with Gasteiger partial charge in [-0.25, -0.2) is 8.42 Å². The van der Waals surface area contributed by atoms with E-state index in [2.05, 4.69) is 10.2 Å². The van der Waals surface area contributed by atoms with E-state index < -0.39 is 15.7 Å². The smallest absolute Gasteiger partial charge is 0.270 e. The van der Waals surface area contributed by atoms with Crippen molar-refractivity contribution in [2.45, 2.75) is 4.90 Å². The standard InChI is InChI=1S/C10H9N3O3S/c1-17(15,16)9-6-4-2-3-5-7(6)12-13-8(9)10(11)14/h2-5H,1H3,(H2,11,14). The number of nitrogens with two attached hydrogens (primary N) is 1. The van der Waals surface area contributed by atoms with Crippen LogP contribution in [0.1, 0.15) is 10.5 Å². The number of sulfone groups is 1. The monoisotopic (exact) mass is 251 g/mol. The first-order valence-electron chi connectivity index (χ1n) is 4.66. The Morgan fingerprint density at radius 1 is 1.24 bits per heavy atom. The number of hydrogen-bond acceptors (Lipinski definition) is 5. The number of hydrogen-bond donors (Lipinski definition) is 1. The van der Waals surface area contributed by atoms with Crippen LogP contribution in [0, 0.1) is 0 Å². The Morgan fingerprint density at radius 2 is 1.88 bits per heavy atom. The SMILES string of the molecule is CS(=O)(=O)c1c(C(N)=O)nnc2ccccc12. The molecule has 0 spiro atoms. The lowest BCUT2D eigenvalue weighted by molar-refractivity contribution is 0.0991. The number of aromatic nitrogens is 2. The third-order valence-electron chi connectivity index (χ3n) is 2.23. The Hall–Kier alpha value is -2.02. The second-order valence-electron chi connectivity index (χ2n) is 3.53. The third kappa shape index (κ3) is 1.96. The predicted octanol–water partition coefficient (Wildman–Crippen LogP) is 0.132. The van der Waals surface area contributed by atoms with Crippen molar-refractivity contribution in [2.24, 2.45) is 5.73 Å². The molecule has 2 aromatic rings. The van der Waals surface area contributed by atoms with Gasteiger partial charge in [-0.05, 0) is 6.07 Å². The number of amides is 1. The average molecular weight is 251 g/mol. The largest absolute Gasteiger partial charge is 0.364 e. The lowest BCUT2D eigenvalue weighted by Gasteiger charge is -2.06. The van der Waals surface area contributed by atoms with Crippen molar-refractivity contribution in [2.75, 3.05) is 6.26 Å². The van der Waals surface area contributed by atoms with Gasteiger partial charge < -0.3 is 5.73 Å². The highest BCUT2D eigenvalue weighted by atomic mass is 32.2. The Morgan fingerprint density at radius 3 is 2.47 bits per heavy atom. The number of fused-ring (bicyclic) bond motifs is 1. The summed E-state index contributed by atoms with van der Waals surface area (Å²) in [5.41, 5.74) is 5.17. The number of rotatable bonds is 2. The van der Waals surface area contributed by atoms with Crippen molar-refractivity contribution in [3.8, 4) is 0 Å². The van der Waals surface area contributed by atoms with E-state index >= 15 is 0 Å². The topological polar surface area (TPSA) is 103 Å². The summed E-state index contributed by atoms with van der Waals surface area (Å²) in [5, 5.41) is 7.68. The fourth-order valence-corrected chi connectivity index (χ4v) is 2.63. The fraction of sp³-hybridized carbons (Fsp3) is 0.100. The molecule has 2 rings (SSSR count). The molecule has 0 unspecified atom stereocenters. The van der Waals surface area contributed by atoms with E-state index in [4.69, 9.17) is 5.73 Å². The highest BCUT2D eigenvalue weighted by Gasteiger charge is 2.22. The molecule has 1 aromatic carbocycles. The molecule has 1 amide bonds. The van der Waals surface area contributed by atoms with Gasteiger partial charge in [-0.2, -0.15) is 0 Å². The molecule has 0 saturated carbocycles. The van der Waals surface area contributed by atoms with Gasteiger partial charge in [0, 0.05) is 11.6 Å². The highest BCUT2D eigenvalue weighted by molar-refractivity contribution is 7.91. The van der Waals surface area contributed by atoms with Gasteiger partial charge in [0.05, 0.1) is 5.52 Å². The van der Waals surface area contributed by atoms with E-state index in [1.54, 1.807) is 24.3 Å². The van der Waals surface area contributed by atoms with Crippen molar-refractivity contribution in [1.29, 1.82) is 0 Å². The van der Waals surface area contributed by atoms with Crippen LogP contribution in [0.25, 0.3) is 10.9 Å². The van der Waals surface area contributed by atoms with E-state index in [-0.39, 0.29) is 10.6 Å². The van der Waals surface area contributed by atoms with E-state index in [1.807, 2.05) is 0 Å². The van der Waals surface area contributed by atoms with Crippen molar-refractivity contribution < 1.29 is 13.2 Å². The first-order chi connectivity index (χ1) is 7.91. The molecule has 0 radical (unpaired) electrons. The summed E-state index contributed by atoms with van der Waals surface area (Å²) in [6.07, 6.45) is 1.00. The van der Waals surface area contributed by atoms with Crippen LogP contribution in [0.4, 0.5) is 0 Å². The molecule has 1 heterocycles. The summed E-state index contributed by atoms with van der Waals surface area (Å²) < 4.78 is 23.4. The second kappa shape index (κ2) is 3.77. The average Bonchev–Trinajstić information content (AvgIpc) is 2.26. The fourth-order valence-electron chi connectivity index (χ4n) is 1.57. The summed E-state index contributed by atoms with van der Waals surface area (Å²) in [5.74, 6) is -0.913. The molecule has 0 aliphatic carbocycles. The van der Waals surface area contributed by atoms with Crippen LogP contribution in [0.2, 0.25) is 0 Å². The molecule has 0 bridgehead atoms. The number of carbonyl (C=O) groups excluding carboxylic acids is 1. The second-order valence-corrected chi connectivity index (χ2v) is 5.48. The Balaban J connectivity index is 3.00. The van der Waals surface area contributed by atoms with Gasteiger partial charge >= 0.3 is 0 Å². The molecule has 17 heavy (non-hydrogen) atoms. The summed E-state index contributed by atoms with van der Waals surface area (Å²) in [6, 6.07) is 6.53. The molecule has 1 aromatic heterocycles. The zero-order valence-electron chi connectivity index (χ0n) is 8.91. The van der Waals surface area contributed by atoms with Crippen LogP contribution < -0.4 is 5.73 Å². The molecule has 0 fully saturated rings. The van der Waals surface area contributed by atoms with E-state index in [0.717, 1.165) is 6.26 Å². The molecule has 0 aliphatic heterocycles. The van der Waals surface area contributed by atoms with Crippen LogP contribution in [0.15, 0.2) is 29.2 Å². The maximum absolute atomic E-state index is 11.7. The van der Waals surface area contributed by atoms with E-state index in [1.165, 1.54) is 0 Å². The van der Waals surface area contributed by atoms with Crippen LogP contribution in [0.3, 0.4) is 0 Å². The van der Waals surface area contributed by atoms with Crippen LogP contribution in [-0.2, 0) is 9.84 Å².